The highest BCUT2D eigenvalue weighted by atomic mass is 35.5. The Morgan fingerprint density at radius 1 is 1.35 bits per heavy atom. The third-order valence-corrected chi connectivity index (χ3v) is 3.18. The average Bonchev–Trinajstić information content (AvgIpc) is 2.78. The van der Waals surface area contributed by atoms with Crippen LogP contribution < -0.4 is 0 Å². The van der Waals surface area contributed by atoms with Gasteiger partial charge in [-0.2, -0.15) is 0 Å². The molecule has 92 valence electrons. The monoisotopic (exact) mass is 251 g/mol. The Morgan fingerprint density at radius 2 is 2.06 bits per heavy atom. The normalized spacial score (nSPS) is 19.3. The number of rotatable bonds is 4. The van der Waals surface area contributed by atoms with Gasteiger partial charge in [-0.25, -0.2) is 0 Å². The first-order valence-electron chi connectivity index (χ1n) is 6.07. The molecule has 1 aromatic carbocycles. The number of halogens is 1. The smallest absolute Gasteiger partial charge is 0.146 e. The van der Waals surface area contributed by atoms with Gasteiger partial charge in [0.1, 0.15) is 6.10 Å². The molecule has 1 unspecified atom stereocenters. The Labute approximate surface area is 108 Å². The van der Waals surface area contributed by atoms with E-state index in [0.717, 1.165) is 24.1 Å². The van der Waals surface area contributed by atoms with E-state index in [9.17, 15) is 0 Å². The van der Waals surface area contributed by atoms with Crippen molar-refractivity contribution in [3.05, 3.63) is 35.4 Å². The third kappa shape index (κ3) is 3.22. The van der Waals surface area contributed by atoms with Crippen molar-refractivity contribution < 1.29 is 4.84 Å². The maximum Gasteiger partial charge on any atom is 0.146 e. The van der Waals surface area contributed by atoms with Crippen molar-refractivity contribution in [1.29, 1.82) is 0 Å². The Hall–Kier alpha value is -1.02. The highest BCUT2D eigenvalue weighted by Crippen LogP contribution is 2.18. The first-order valence-corrected chi connectivity index (χ1v) is 6.60. The molecule has 17 heavy (non-hydrogen) atoms. The lowest BCUT2D eigenvalue weighted by Gasteiger charge is -2.06. The van der Waals surface area contributed by atoms with Gasteiger partial charge in [-0.1, -0.05) is 43.3 Å². The van der Waals surface area contributed by atoms with E-state index < -0.39 is 0 Å². The molecule has 3 heteroatoms. The van der Waals surface area contributed by atoms with Crippen LogP contribution in [0.15, 0.2) is 29.4 Å². The fraction of sp³-hybridized carbons (Fsp3) is 0.500. The van der Waals surface area contributed by atoms with Crippen LogP contribution >= 0.6 is 11.6 Å². The third-order valence-electron chi connectivity index (χ3n) is 2.84. The summed E-state index contributed by atoms with van der Waals surface area (Å²) in [7, 11) is 0. The zero-order valence-electron chi connectivity index (χ0n) is 10.3. The fourth-order valence-electron chi connectivity index (χ4n) is 1.99. The number of nitrogens with zero attached hydrogens (tertiary/aromatic N) is 1. The maximum absolute atomic E-state index is 5.74. The molecule has 0 aromatic heterocycles. The molecule has 0 fully saturated rings. The summed E-state index contributed by atoms with van der Waals surface area (Å²) in [6.07, 6.45) is 1.97. The summed E-state index contributed by atoms with van der Waals surface area (Å²) in [5, 5.41) is 4.08. The van der Waals surface area contributed by atoms with Crippen LogP contribution in [0.5, 0.6) is 0 Å². The fourth-order valence-corrected chi connectivity index (χ4v) is 2.15. The topological polar surface area (TPSA) is 21.6 Å². The number of oxime groups is 1. The summed E-state index contributed by atoms with van der Waals surface area (Å²) in [6.45, 7) is 4.46. The second-order valence-corrected chi connectivity index (χ2v) is 5.23. The number of hydrogen-bond acceptors (Lipinski definition) is 2. The van der Waals surface area contributed by atoms with Crippen LogP contribution in [0.2, 0.25) is 0 Å². The van der Waals surface area contributed by atoms with E-state index in [4.69, 9.17) is 16.4 Å². The molecule has 1 heterocycles. The molecule has 0 aliphatic carbocycles. The SMILES string of the molecule is CC(C)Cc1ccc(C2=NOC(CCl)C2)cc1. The molecule has 0 spiro atoms. The second-order valence-electron chi connectivity index (χ2n) is 4.92. The van der Waals surface area contributed by atoms with Gasteiger partial charge in [-0.15, -0.1) is 11.6 Å². The number of alkyl halides is 1. The van der Waals surface area contributed by atoms with Gasteiger partial charge in [0.25, 0.3) is 0 Å². The zero-order valence-corrected chi connectivity index (χ0v) is 11.1. The van der Waals surface area contributed by atoms with Crippen molar-refractivity contribution in [2.45, 2.75) is 32.8 Å². The lowest BCUT2D eigenvalue weighted by molar-refractivity contribution is 0.102. The van der Waals surface area contributed by atoms with E-state index in [2.05, 4.69) is 43.3 Å². The van der Waals surface area contributed by atoms with Crippen LogP contribution in [0.3, 0.4) is 0 Å². The molecule has 1 aliphatic rings. The minimum Gasteiger partial charge on any atom is -0.391 e. The van der Waals surface area contributed by atoms with Gasteiger partial charge in [0.15, 0.2) is 0 Å². The van der Waals surface area contributed by atoms with Crippen LogP contribution in [0.25, 0.3) is 0 Å². The molecule has 0 radical (unpaired) electrons. The Bertz CT molecular complexity index is 397. The predicted molar refractivity (Wildman–Crippen MR) is 71.7 cm³/mol. The summed E-state index contributed by atoms with van der Waals surface area (Å²) >= 11 is 5.74. The molecule has 1 aromatic rings. The van der Waals surface area contributed by atoms with Gasteiger partial charge >= 0.3 is 0 Å². The van der Waals surface area contributed by atoms with Crippen LogP contribution in [0.4, 0.5) is 0 Å². The van der Waals surface area contributed by atoms with Crippen molar-refractivity contribution >= 4 is 17.3 Å². The molecular weight excluding hydrogens is 234 g/mol. The Morgan fingerprint density at radius 3 is 2.59 bits per heavy atom. The predicted octanol–water partition coefficient (Wildman–Crippen LogP) is 3.62. The van der Waals surface area contributed by atoms with Gasteiger partial charge in [0, 0.05) is 6.42 Å². The second kappa shape index (κ2) is 5.54. The molecular formula is C14H18ClNO. The largest absolute Gasteiger partial charge is 0.391 e. The quantitative estimate of drug-likeness (QED) is 0.749. The summed E-state index contributed by atoms with van der Waals surface area (Å²) in [5.41, 5.74) is 3.52. The lowest BCUT2D eigenvalue weighted by atomic mass is 9.99. The summed E-state index contributed by atoms with van der Waals surface area (Å²) < 4.78 is 0. The Kier molecular flexibility index (Phi) is 4.06. The van der Waals surface area contributed by atoms with Crippen LogP contribution in [0.1, 0.15) is 31.4 Å². The summed E-state index contributed by atoms with van der Waals surface area (Å²) in [4.78, 5) is 5.22. The van der Waals surface area contributed by atoms with Gasteiger partial charge in [0.2, 0.25) is 0 Å². The molecule has 2 rings (SSSR count). The minimum atomic E-state index is 0.0435. The highest BCUT2D eigenvalue weighted by Gasteiger charge is 2.20. The van der Waals surface area contributed by atoms with Crippen LogP contribution in [-0.4, -0.2) is 17.7 Å². The molecule has 0 N–H and O–H groups in total. The van der Waals surface area contributed by atoms with E-state index in [0.29, 0.717) is 11.8 Å². The van der Waals surface area contributed by atoms with E-state index in [1.807, 2.05) is 0 Å². The van der Waals surface area contributed by atoms with Crippen molar-refractivity contribution in [3.8, 4) is 0 Å². The van der Waals surface area contributed by atoms with Crippen molar-refractivity contribution in [2.24, 2.45) is 11.1 Å². The van der Waals surface area contributed by atoms with Crippen molar-refractivity contribution in [2.75, 3.05) is 5.88 Å². The molecule has 1 aliphatic heterocycles. The molecule has 0 bridgehead atoms. The van der Waals surface area contributed by atoms with E-state index in [-0.39, 0.29) is 6.10 Å². The average molecular weight is 252 g/mol. The van der Waals surface area contributed by atoms with Crippen molar-refractivity contribution in [3.63, 3.8) is 0 Å². The van der Waals surface area contributed by atoms with Crippen LogP contribution in [-0.2, 0) is 11.3 Å². The summed E-state index contributed by atoms with van der Waals surface area (Å²) in [6, 6.07) is 8.59. The van der Waals surface area contributed by atoms with Gasteiger partial charge in [-0.05, 0) is 23.5 Å². The molecule has 1 atom stereocenters. The molecule has 2 nitrogen and oxygen atoms in total. The maximum atomic E-state index is 5.74. The van der Waals surface area contributed by atoms with Gasteiger partial charge in [0.05, 0.1) is 11.6 Å². The highest BCUT2D eigenvalue weighted by molar-refractivity contribution is 6.18. The van der Waals surface area contributed by atoms with Crippen LogP contribution in [0, 0.1) is 5.92 Å². The van der Waals surface area contributed by atoms with Crippen molar-refractivity contribution in [1.82, 2.24) is 0 Å². The van der Waals surface area contributed by atoms with Gasteiger partial charge < -0.3 is 4.84 Å². The number of benzene rings is 1. The minimum absolute atomic E-state index is 0.0435. The van der Waals surface area contributed by atoms with E-state index >= 15 is 0 Å². The molecule has 0 saturated heterocycles. The summed E-state index contributed by atoms with van der Waals surface area (Å²) in [5.74, 6) is 1.19. The van der Waals surface area contributed by atoms with E-state index in [1.165, 1.54) is 5.56 Å². The Balaban J connectivity index is 2.03. The first-order chi connectivity index (χ1) is 8.19. The zero-order chi connectivity index (χ0) is 12.3. The van der Waals surface area contributed by atoms with E-state index in [1.54, 1.807) is 0 Å². The standard InChI is InChI=1S/C14H18ClNO/c1-10(2)7-11-3-5-12(6-4-11)14-8-13(9-15)17-16-14/h3-6,10,13H,7-9H2,1-2H3. The molecule has 0 amide bonds. The first kappa shape index (κ1) is 12.4. The number of hydrogen-bond donors (Lipinski definition) is 0. The molecule has 0 saturated carbocycles. The van der Waals surface area contributed by atoms with Gasteiger partial charge in [-0.3, -0.25) is 0 Å². The lowest BCUT2D eigenvalue weighted by Crippen LogP contribution is -2.09.